The van der Waals surface area contributed by atoms with Gasteiger partial charge in [0, 0.05) is 34.4 Å². The number of hydrogen-bond acceptors (Lipinski definition) is 4. The Morgan fingerprint density at radius 2 is 1.55 bits per heavy atom. The monoisotopic (exact) mass is 267 g/mol. The Labute approximate surface area is 114 Å². The number of benzene rings is 2. The van der Waals surface area contributed by atoms with E-state index in [0.717, 1.165) is 0 Å². The molecule has 20 heavy (non-hydrogen) atoms. The summed E-state index contributed by atoms with van der Waals surface area (Å²) in [5, 5.41) is 10.9. The lowest BCUT2D eigenvalue weighted by molar-refractivity contribution is -0.384. The summed E-state index contributed by atoms with van der Waals surface area (Å²) in [4.78, 5) is 35.2. The molecule has 0 radical (unpaired) electrons. The number of fused-ring (bicyclic) bond motifs is 2. The van der Waals surface area contributed by atoms with Crippen LogP contribution in [0.4, 0.5) is 5.69 Å². The first-order chi connectivity index (χ1) is 9.50. The highest BCUT2D eigenvalue weighted by atomic mass is 16.6. The van der Waals surface area contributed by atoms with E-state index in [4.69, 9.17) is 0 Å². The lowest BCUT2D eigenvalue weighted by Gasteiger charge is -2.18. The number of carbonyl (C=O) groups is 2. The molecule has 0 heterocycles. The van der Waals surface area contributed by atoms with Gasteiger partial charge >= 0.3 is 0 Å². The molecule has 2 aromatic rings. The van der Waals surface area contributed by atoms with Crippen LogP contribution < -0.4 is 0 Å². The molecule has 5 heteroatoms. The van der Waals surface area contributed by atoms with Crippen molar-refractivity contribution in [1.82, 2.24) is 0 Å². The van der Waals surface area contributed by atoms with Crippen LogP contribution in [-0.4, -0.2) is 16.5 Å². The molecule has 1 aliphatic rings. The van der Waals surface area contributed by atoms with Gasteiger partial charge in [0.15, 0.2) is 11.6 Å². The second-order valence-electron chi connectivity index (χ2n) is 4.65. The highest BCUT2D eigenvalue weighted by Crippen LogP contribution is 2.32. The zero-order valence-electron chi connectivity index (χ0n) is 10.5. The summed E-state index contributed by atoms with van der Waals surface area (Å²) in [6.45, 7) is 1.60. The summed E-state index contributed by atoms with van der Waals surface area (Å²) in [6.07, 6.45) is 0. The number of aryl methyl sites for hydroxylation is 1. The first-order valence-electron chi connectivity index (χ1n) is 5.98. The maximum atomic E-state index is 12.4. The molecule has 3 rings (SSSR count). The Balaban J connectivity index is 2.33. The Bertz CT molecular complexity index is 792. The predicted molar refractivity (Wildman–Crippen MR) is 71.1 cm³/mol. The van der Waals surface area contributed by atoms with E-state index in [1.54, 1.807) is 31.2 Å². The normalized spacial score (nSPS) is 12.8. The summed E-state index contributed by atoms with van der Waals surface area (Å²) in [6, 6.07) is 9.01. The SMILES string of the molecule is Cc1cc([N+](=O)[O-])cc2c1C(=O)c1ccccc1C2=O. The predicted octanol–water partition coefficient (Wildman–Crippen LogP) is 2.68. The molecule has 98 valence electrons. The third-order valence-corrected chi connectivity index (χ3v) is 3.42. The van der Waals surface area contributed by atoms with Crippen LogP contribution in [0.1, 0.15) is 37.4 Å². The molecule has 0 atom stereocenters. The van der Waals surface area contributed by atoms with Gasteiger partial charge in [-0.25, -0.2) is 0 Å². The van der Waals surface area contributed by atoms with Crippen LogP contribution in [0.5, 0.6) is 0 Å². The zero-order valence-corrected chi connectivity index (χ0v) is 10.5. The van der Waals surface area contributed by atoms with E-state index in [9.17, 15) is 19.7 Å². The van der Waals surface area contributed by atoms with Gasteiger partial charge in [0.05, 0.1) is 4.92 Å². The number of carbonyl (C=O) groups excluding carboxylic acids is 2. The molecular weight excluding hydrogens is 258 g/mol. The minimum atomic E-state index is -0.564. The molecule has 1 aliphatic carbocycles. The Morgan fingerprint density at radius 1 is 0.950 bits per heavy atom. The quantitative estimate of drug-likeness (QED) is 0.501. The second-order valence-corrected chi connectivity index (χ2v) is 4.65. The topological polar surface area (TPSA) is 77.3 Å². The third-order valence-electron chi connectivity index (χ3n) is 3.42. The Hall–Kier alpha value is -2.82. The molecule has 2 aromatic carbocycles. The van der Waals surface area contributed by atoms with E-state index in [1.807, 2.05) is 0 Å². The minimum Gasteiger partial charge on any atom is -0.289 e. The fourth-order valence-electron chi connectivity index (χ4n) is 2.51. The zero-order chi connectivity index (χ0) is 14.4. The van der Waals surface area contributed by atoms with Gasteiger partial charge in [0.25, 0.3) is 5.69 Å². The van der Waals surface area contributed by atoms with Crippen LogP contribution in [0, 0.1) is 17.0 Å². The fourth-order valence-corrected chi connectivity index (χ4v) is 2.51. The van der Waals surface area contributed by atoms with E-state index in [0.29, 0.717) is 16.7 Å². The van der Waals surface area contributed by atoms with E-state index in [-0.39, 0.29) is 28.4 Å². The molecule has 0 aliphatic heterocycles. The average Bonchev–Trinajstić information content (AvgIpc) is 2.44. The largest absolute Gasteiger partial charge is 0.289 e. The third kappa shape index (κ3) is 1.56. The highest BCUT2D eigenvalue weighted by Gasteiger charge is 2.32. The van der Waals surface area contributed by atoms with Gasteiger partial charge in [-0.2, -0.15) is 0 Å². The smallest absolute Gasteiger partial charge is 0.270 e. The van der Waals surface area contributed by atoms with Gasteiger partial charge in [-0.3, -0.25) is 19.7 Å². The van der Waals surface area contributed by atoms with Crippen molar-refractivity contribution in [2.45, 2.75) is 6.92 Å². The summed E-state index contributed by atoms with van der Waals surface area (Å²) >= 11 is 0. The number of rotatable bonds is 1. The van der Waals surface area contributed by atoms with Crippen LogP contribution in [0.25, 0.3) is 0 Å². The van der Waals surface area contributed by atoms with Gasteiger partial charge < -0.3 is 0 Å². The van der Waals surface area contributed by atoms with E-state index < -0.39 is 4.92 Å². The summed E-state index contributed by atoms with van der Waals surface area (Å²) in [5.41, 5.74) is 1.29. The maximum Gasteiger partial charge on any atom is 0.270 e. The Morgan fingerprint density at radius 3 is 2.15 bits per heavy atom. The van der Waals surface area contributed by atoms with E-state index >= 15 is 0 Å². The molecule has 0 aromatic heterocycles. The van der Waals surface area contributed by atoms with Crippen molar-refractivity contribution >= 4 is 17.3 Å². The summed E-state index contributed by atoms with van der Waals surface area (Å²) in [7, 11) is 0. The van der Waals surface area contributed by atoms with Crippen molar-refractivity contribution in [3.63, 3.8) is 0 Å². The van der Waals surface area contributed by atoms with Crippen molar-refractivity contribution in [3.8, 4) is 0 Å². The summed E-state index contributed by atoms with van der Waals surface area (Å²) in [5.74, 6) is -0.607. The second kappa shape index (κ2) is 4.09. The van der Waals surface area contributed by atoms with Crippen LogP contribution in [-0.2, 0) is 0 Å². The minimum absolute atomic E-state index is 0.111. The van der Waals surface area contributed by atoms with Gasteiger partial charge in [-0.05, 0) is 12.5 Å². The first kappa shape index (κ1) is 12.2. The molecule has 0 fully saturated rings. The van der Waals surface area contributed by atoms with Crippen LogP contribution in [0.3, 0.4) is 0 Å². The number of nitrogens with zero attached hydrogens (tertiary/aromatic N) is 1. The molecular formula is C15H9NO4. The van der Waals surface area contributed by atoms with Crippen molar-refractivity contribution < 1.29 is 14.5 Å². The molecule has 0 N–H and O–H groups in total. The number of hydrogen-bond donors (Lipinski definition) is 0. The molecule has 0 bridgehead atoms. The van der Waals surface area contributed by atoms with Crippen LogP contribution >= 0.6 is 0 Å². The van der Waals surface area contributed by atoms with E-state index in [2.05, 4.69) is 0 Å². The van der Waals surface area contributed by atoms with Gasteiger partial charge in [0.1, 0.15) is 0 Å². The molecule has 0 saturated heterocycles. The number of nitro benzene ring substituents is 1. The molecule has 0 spiro atoms. The number of nitro groups is 1. The van der Waals surface area contributed by atoms with Gasteiger partial charge in [-0.15, -0.1) is 0 Å². The van der Waals surface area contributed by atoms with Crippen molar-refractivity contribution in [2.24, 2.45) is 0 Å². The number of non-ortho nitro benzene ring substituents is 1. The lowest BCUT2D eigenvalue weighted by Crippen LogP contribution is -2.22. The van der Waals surface area contributed by atoms with Crippen molar-refractivity contribution in [3.05, 3.63) is 74.3 Å². The summed E-state index contributed by atoms with van der Waals surface area (Å²) < 4.78 is 0. The Kier molecular flexibility index (Phi) is 2.50. The lowest BCUT2D eigenvalue weighted by atomic mass is 9.82. The molecule has 0 unspecified atom stereocenters. The van der Waals surface area contributed by atoms with Crippen molar-refractivity contribution in [2.75, 3.05) is 0 Å². The highest BCUT2D eigenvalue weighted by molar-refractivity contribution is 6.29. The van der Waals surface area contributed by atoms with E-state index in [1.165, 1.54) is 12.1 Å². The molecule has 0 saturated carbocycles. The molecule has 0 amide bonds. The van der Waals surface area contributed by atoms with Gasteiger partial charge in [0.2, 0.25) is 0 Å². The molecule has 5 nitrogen and oxygen atoms in total. The van der Waals surface area contributed by atoms with Crippen LogP contribution in [0.15, 0.2) is 36.4 Å². The standard InChI is InChI=1S/C15H9NO4/c1-8-6-9(16(19)20)7-12-13(8)15(18)11-5-3-2-4-10(11)14(12)17/h2-7H,1H3. The fraction of sp³-hybridized carbons (Fsp3) is 0.0667. The van der Waals surface area contributed by atoms with Gasteiger partial charge in [-0.1, -0.05) is 24.3 Å². The maximum absolute atomic E-state index is 12.4. The van der Waals surface area contributed by atoms with Crippen molar-refractivity contribution in [1.29, 1.82) is 0 Å². The first-order valence-corrected chi connectivity index (χ1v) is 5.98. The van der Waals surface area contributed by atoms with Crippen LogP contribution in [0.2, 0.25) is 0 Å². The number of ketones is 2. The average molecular weight is 267 g/mol.